The second kappa shape index (κ2) is 3.82. The zero-order chi connectivity index (χ0) is 10.7. The molecule has 0 atom stereocenters. The summed E-state index contributed by atoms with van der Waals surface area (Å²) in [4.78, 5) is 23.9. The number of hydrogen-bond donors (Lipinski definition) is 1. The molecule has 0 aliphatic heterocycles. The summed E-state index contributed by atoms with van der Waals surface area (Å²) >= 11 is 0. The Morgan fingerprint density at radius 1 is 1.71 bits per heavy atom. The van der Waals surface area contributed by atoms with Crippen molar-refractivity contribution in [3.63, 3.8) is 0 Å². The summed E-state index contributed by atoms with van der Waals surface area (Å²) in [6, 6.07) is 1.31. The van der Waals surface area contributed by atoms with E-state index in [1.54, 1.807) is 6.92 Å². The van der Waals surface area contributed by atoms with Gasteiger partial charge in [0.25, 0.3) is 5.69 Å². The van der Waals surface area contributed by atoms with E-state index in [0.29, 0.717) is 11.3 Å². The number of rotatable bonds is 3. The maximum absolute atomic E-state index is 10.4. The summed E-state index contributed by atoms with van der Waals surface area (Å²) in [5.41, 5.74) is 0.737. The maximum Gasteiger partial charge on any atom is 0.309 e. The van der Waals surface area contributed by atoms with Gasteiger partial charge >= 0.3 is 5.97 Å². The lowest BCUT2D eigenvalue weighted by Gasteiger charge is -2.00. The first-order valence-corrected chi connectivity index (χ1v) is 3.82. The number of aryl methyl sites for hydroxylation is 1. The van der Waals surface area contributed by atoms with Crippen LogP contribution in [0.5, 0.6) is 0 Å². The number of aliphatic carboxylic acids is 1. The summed E-state index contributed by atoms with van der Waals surface area (Å²) < 4.78 is 0. The highest BCUT2D eigenvalue weighted by atomic mass is 16.6. The minimum absolute atomic E-state index is 0.128. The van der Waals surface area contributed by atoms with E-state index < -0.39 is 10.9 Å². The molecule has 0 bridgehead atoms. The van der Waals surface area contributed by atoms with Crippen LogP contribution in [0, 0.1) is 17.0 Å². The molecule has 0 saturated heterocycles. The molecule has 1 heterocycles. The average molecular weight is 196 g/mol. The van der Waals surface area contributed by atoms with Gasteiger partial charge in [0.2, 0.25) is 0 Å². The van der Waals surface area contributed by atoms with Crippen molar-refractivity contribution < 1.29 is 14.8 Å². The zero-order valence-corrected chi connectivity index (χ0v) is 7.43. The third-order valence-corrected chi connectivity index (χ3v) is 1.70. The van der Waals surface area contributed by atoms with Crippen molar-refractivity contribution in [2.75, 3.05) is 0 Å². The number of carbonyl (C=O) groups is 1. The molecule has 0 aliphatic rings. The van der Waals surface area contributed by atoms with E-state index in [0.717, 1.165) is 6.20 Å². The van der Waals surface area contributed by atoms with Gasteiger partial charge in [-0.25, -0.2) is 0 Å². The van der Waals surface area contributed by atoms with Crippen molar-refractivity contribution in [2.24, 2.45) is 0 Å². The minimum atomic E-state index is -1.01. The molecular weight excluding hydrogens is 188 g/mol. The molecule has 0 saturated carbocycles. The topological polar surface area (TPSA) is 93.3 Å². The van der Waals surface area contributed by atoms with Gasteiger partial charge in [-0.2, -0.15) is 0 Å². The first-order chi connectivity index (χ1) is 6.50. The molecule has 0 aliphatic carbocycles. The van der Waals surface area contributed by atoms with E-state index in [9.17, 15) is 14.9 Å². The lowest BCUT2D eigenvalue weighted by atomic mass is 10.1. The summed E-state index contributed by atoms with van der Waals surface area (Å²) in [6.45, 7) is 1.60. The Hall–Kier alpha value is -1.98. The number of aromatic nitrogens is 1. The third kappa shape index (κ3) is 2.25. The second-order valence-corrected chi connectivity index (χ2v) is 2.78. The van der Waals surface area contributed by atoms with Gasteiger partial charge in [-0.3, -0.25) is 19.9 Å². The van der Waals surface area contributed by atoms with Crippen LogP contribution >= 0.6 is 0 Å². The summed E-state index contributed by atoms with van der Waals surface area (Å²) in [5.74, 6) is -1.01. The molecule has 6 nitrogen and oxygen atoms in total. The summed E-state index contributed by atoms with van der Waals surface area (Å²) in [5, 5.41) is 18.8. The molecule has 1 aromatic rings. The molecule has 6 heteroatoms. The van der Waals surface area contributed by atoms with Crippen molar-refractivity contribution in [1.82, 2.24) is 4.98 Å². The van der Waals surface area contributed by atoms with Crippen LogP contribution in [-0.2, 0) is 11.2 Å². The normalized spacial score (nSPS) is 9.79. The van der Waals surface area contributed by atoms with Crippen molar-refractivity contribution >= 4 is 11.7 Å². The van der Waals surface area contributed by atoms with Crippen LogP contribution in [-0.4, -0.2) is 21.0 Å². The Bertz CT molecular complexity index is 389. The van der Waals surface area contributed by atoms with Crippen LogP contribution in [0.3, 0.4) is 0 Å². The van der Waals surface area contributed by atoms with Gasteiger partial charge < -0.3 is 5.11 Å². The van der Waals surface area contributed by atoms with Gasteiger partial charge in [0.05, 0.1) is 17.0 Å². The van der Waals surface area contributed by atoms with Gasteiger partial charge in [0.1, 0.15) is 6.20 Å². The van der Waals surface area contributed by atoms with E-state index >= 15 is 0 Å². The number of nitrogens with zero attached hydrogens (tertiary/aromatic N) is 2. The van der Waals surface area contributed by atoms with Gasteiger partial charge in [-0.15, -0.1) is 0 Å². The SMILES string of the molecule is Cc1cc([N+](=O)[O-])cnc1CC(=O)O. The summed E-state index contributed by atoms with van der Waals surface area (Å²) in [6.07, 6.45) is 0.842. The van der Waals surface area contributed by atoms with E-state index in [1.807, 2.05) is 0 Å². The van der Waals surface area contributed by atoms with Crippen LogP contribution in [0.15, 0.2) is 12.3 Å². The molecular formula is C8H8N2O4. The molecule has 0 aromatic carbocycles. The Balaban J connectivity index is 3.01. The van der Waals surface area contributed by atoms with Gasteiger partial charge in [-0.1, -0.05) is 0 Å². The lowest BCUT2D eigenvalue weighted by molar-refractivity contribution is -0.385. The number of carboxylic acid groups (broad SMARTS) is 1. The number of nitro groups is 1. The van der Waals surface area contributed by atoms with Gasteiger partial charge in [-0.05, 0) is 12.5 Å². The summed E-state index contributed by atoms with van der Waals surface area (Å²) in [7, 11) is 0. The maximum atomic E-state index is 10.4. The van der Waals surface area contributed by atoms with Crippen LogP contribution < -0.4 is 0 Å². The van der Waals surface area contributed by atoms with Crippen molar-refractivity contribution in [3.05, 3.63) is 33.6 Å². The van der Waals surface area contributed by atoms with Crippen molar-refractivity contribution in [3.8, 4) is 0 Å². The van der Waals surface area contributed by atoms with E-state index in [1.165, 1.54) is 6.07 Å². The predicted octanol–water partition coefficient (Wildman–Crippen LogP) is 0.925. The highest BCUT2D eigenvalue weighted by molar-refractivity contribution is 5.70. The minimum Gasteiger partial charge on any atom is -0.481 e. The smallest absolute Gasteiger partial charge is 0.309 e. The van der Waals surface area contributed by atoms with Crippen molar-refractivity contribution in [2.45, 2.75) is 13.3 Å². The van der Waals surface area contributed by atoms with Crippen LogP contribution in [0.4, 0.5) is 5.69 Å². The van der Waals surface area contributed by atoms with E-state index in [4.69, 9.17) is 5.11 Å². The first-order valence-electron chi connectivity index (χ1n) is 3.82. The standard InChI is InChI=1S/C8H8N2O4/c1-5-2-6(10(13)14)4-9-7(5)3-8(11)12/h2,4H,3H2,1H3,(H,11,12). The fraction of sp³-hybridized carbons (Fsp3) is 0.250. The Morgan fingerprint density at radius 2 is 2.36 bits per heavy atom. The van der Waals surface area contributed by atoms with Gasteiger partial charge in [0, 0.05) is 6.07 Å². The molecule has 14 heavy (non-hydrogen) atoms. The van der Waals surface area contributed by atoms with Crippen LogP contribution in [0.2, 0.25) is 0 Å². The third-order valence-electron chi connectivity index (χ3n) is 1.70. The zero-order valence-electron chi connectivity index (χ0n) is 7.43. The Morgan fingerprint density at radius 3 is 2.79 bits per heavy atom. The van der Waals surface area contributed by atoms with Gasteiger partial charge in [0.15, 0.2) is 0 Å². The number of hydrogen-bond acceptors (Lipinski definition) is 4. The molecule has 0 amide bonds. The molecule has 1 rings (SSSR count). The Labute approximate surface area is 79.4 Å². The molecule has 0 fully saturated rings. The van der Waals surface area contributed by atoms with E-state index in [2.05, 4.69) is 4.98 Å². The first kappa shape index (κ1) is 10.1. The van der Waals surface area contributed by atoms with Crippen LogP contribution in [0.1, 0.15) is 11.3 Å². The fourth-order valence-corrected chi connectivity index (χ4v) is 1.02. The molecule has 1 N–H and O–H groups in total. The highest BCUT2D eigenvalue weighted by Crippen LogP contribution is 2.14. The molecule has 1 aromatic heterocycles. The number of pyridine rings is 1. The molecule has 0 unspecified atom stereocenters. The van der Waals surface area contributed by atoms with E-state index in [-0.39, 0.29) is 12.1 Å². The van der Waals surface area contributed by atoms with Crippen LogP contribution in [0.25, 0.3) is 0 Å². The lowest BCUT2D eigenvalue weighted by Crippen LogP contribution is -2.05. The predicted molar refractivity (Wildman–Crippen MR) is 47.0 cm³/mol. The number of carboxylic acids is 1. The largest absolute Gasteiger partial charge is 0.481 e. The quantitative estimate of drug-likeness (QED) is 0.573. The second-order valence-electron chi connectivity index (χ2n) is 2.78. The average Bonchev–Trinajstić information content (AvgIpc) is 2.07. The fourth-order valence-electron chi connectivity index (χ4n) is 1.02. The molecule has 74 valence electrons. The Kier molecular flexibility index (Phi) is 2.76. The molecule has 0 radical (unpaired) electrons. The van der Waals surface area contributed by atoms with Crippen molar-refractivity contribution in [1.29, 1.82) is 0 Å². The monoisotopic (exact) mass is 196 g/mol. The molecule has 0 spiro atoms. The highest BCUT2D eigenvalue weighted by Gasteiger charge is 2.11.